The molecular weight excluding hydrogens is 385 g/mol. The fraction of sp³-hybridized carbons (Fsp3) is 0.286. The summed E-state index contributed by atoms with van der Waals surface area (Å²) >= 11 is 10.8. The lowest BCUT2D eigenvalue weighted by Crippen LogP contribution is -2.28. The molecule has 2 aromatic rings. The third kappa shape index (κ3) is 5.62. The highest BCUT2D eigenvalue weighted by molar-refractivity contribution is 7.91. The molecule has 0 amide bonds. The summed E-state index contributed by atoms with van der Waals surface area (Å²) in [5.41, 5.74) is 2.65. The molecule has 26 heavy (non-hydrogen) atoms. The molecule has 0 aliphatic carbocycles. The highest BCUT2D eigenvalue weighted by Crippen LogP contribution is 2.30. The molecule has 0 spiro atoms. The van der Waals surface area contributed by atoms with Gasteiger partial charge in [0.2, 0.25) is 0 Å². The quantitative estimate of drug-likeness (QED) is 0.301. The zero-order chi connectivity index (χ0) is 19.3. The summed E-state index contributed by atoms with van der Waals surface area (Å²) in [4.78, 5) is 0. The number of allylic oxidation sites excluding steroid dienone is 1. The van der Waals surface area contributed by atoms with Crippen molar-refractivity contribution >= 4 is 40.3 Å². The van der Waals surface area contributed by atoms with E-state index in [-0.39, 0.29) is 5.92 Å². The van der Waals surface area contributed by atoms with E-state index in [0.29, 0.717) is 16.5 Å². The minimum atomic E-state index is -1.39. The van der Waals surface area contributed by atoms with Crippen LogP contribution in [0.3, 0.4) is 0 Å². The Morgan fingerprint density at radius 3 is 2.35 bits per heavy atom. The Labute approximate surface area is 169 Å². The van der Waals surface area contributed by atoms with Crippen molar-refractivity contribution in [1.29, 1.82) is 0 Å². The fourth-order valence-electron chi connectivity index (χ4n) is 2.46. The second-order valence-corrected chi connectivity index (χ2v) is 9.76. The molecule has 0 fully saturated rings. The molecule has 2 aromatic carbocycles. The first-order chi connectivity index (χ1) is 12.2. The number of halogens is 2. The van der Waals surface area contributed by atoms with Gasteiger partial charge in [0, 0.05) is 21.5 Å². The Balaban J connectivity index is 2.60. The summed E-state index contributed by atoms with van der Waals surface area (Å²) < 4.78 is 16.9. The maximum atomic E-state index is 12.8. The Morgan fingerprint density at radius 1 is 1.15 bits per heavy atom. The third-order valence-electron chi connectivity index (χ3n) is 3.83. The van der Waals surface area contributed by atoms with E-state index in [1.165, 1.54) is 0 Å². The van der Waals surface area contributed by atoms with Crippen LogP contribution >= 0.6 is 23.2 Å². The fourth-order valence-corrected chi connectivity index (χ4v) is 3.47. The molecule has 0 saturated heterocycles. The summed E-state index contributed by atoms with van der Waals surface area (Å²) in [5, 5.41) is 1.30. The Bertz CT molecular complexity index is 781. The first kappa shape index (κ1) is 21.0. The van der Waals surface area contributed by atoms with Crippen LogP contribution in [0.4, 0.5) is 0 Å². The molecule has 0 N–H and O–H groups in total. The maximum absolute atomic E-state index is 12.8. The van der Waals surface area contributed by atoms with Crippen molar-refractivity contribution in [3.05, 3.63) is 82.4 Å². The molecule has 138 valence electrons. The van der Waals surface area contributed by atoms with E-state index in [9.17, 15) is 4.55 Å². The molecule has 0 aromatic heterocycles. The number of benzene rings is 2. The molecule has 2 atom stereocenters. The van der Waals surface area contributed by atoms with Crippen LogP contribution in [0.15, 0.2) is 65.6 Å². The Hall–Kier alpha value is -1.26. The van der Waals surface area contributed by atoms with Crippen LogP contribution in [0.25, 0.3) is 0 Å². The van der Waals surface area contributed by atoms with Crippen LogP contribution in [-0.4, -0.2) is 15.0 Å². The molecule has 0 aliphatic heterocycles. The summed E-state index contributed by atoms with van der Waals surface area (Å²) in [6, 6.07) is 15.1. The highest BCUT2D eigenvalue weighted by Gasteiger charge is 2.30. The van der Waals surface area contributed by atoms with Crippen LogP contribution in [0.2, 0.25) is 10.0 Å². The molecular formula is C21H23Cl2NOS. The average Bonchev–Trinajstić information content (AvgIpc) is 2.58. The molecule has 0 bridgehead atoms. The predicted molar refractivity (Wildman–Crippen MR) is 115 cm³/mol. The van der Waals surface area contributed by atoms with Crippen LogP contribution < -0.4 is 0 Å². The molecule has 0 radical (unpaired) electrons. The monoisotopic (exact) mass is 407 g/mol. The van der Waals surface area contributed by atoms with Crippen molar-refractivity contribution in [3.8, 4) is 0 Å². The molecule has 1 unspecified atom stereocenters. The Morgan fingerprint density at radius 2 is 1.81 bits per heavy atom. The van der Waals surface area contributed by atoms with Gasteiger partial charge in [0.15, 0.2) is 0 Å². The van der Waals surface area contributed by atoms with Crippen molar-refractivity contribution in [3.63, 3.8) is 0 Å². The standard InChI is InChI=1S/C21H23Cl2NOS/c1-5-7-19(16-8-6-9-18(23)14-16)20(24-26(25)21(2,3)4)15-10-12-17(22)13-11-15/h5-6,8-14,19H,1,7H2,2-4H3/t19?,26-/m1/s1. The van der Waals surface area contributed by atoms with Gasteiger partial charge in [0.25, 0.3) is 0 Å². The molecule has 0 saturated carbocycles. The van der Waals surface area contributed by atoms with Crippen LogP contribution in [0, 0.1) is 0 Å². The van der Waals surface area contributed by atoms with Crippen molar-refractivity contribution < 1.29 is 4.55 Å². The number of nitrogens with zero attached hydrogens (tertiary/aromatic N) is 1. The second-order valence-electron chi connectivity index (χ2n) is 6.98. The van der Waals surface area contributed by atoms with Crippen molar-refractivity contribution in [2.75, 3.05) is 0 Å². The van der Waals surface area contributed by atoms with Crippen molar-refractivity contribution in [2.24, 2.45) is 4.40 Å². The van der Waals surface area contributed by atoms with Gasteiger partial charge in [0.05, 0.1) is 0 Å². The minimum absolute atomic E-state index is 0.0984. The van der Waals surface area contributed by atoms with Gasteiger partial charge in [-0.15, -0.1) is 6.58 Å². The average molecular weight is 408 g/mol. The number of hydrogen-bond donors (Lipinski definition) is 0. The van der Waals surface area contributed by atoms with Gasteiger partial charge in [-0.05, 0) is 57.0 Å². The summed E-state index contributed by atoms with van der Waals surface area (Å²) in [6.45, 7) is 9.61. The lowest BCUT2D eigenvalue weighted by atomic mass is 9.87. The zero-order valence-electron chi connectivity index (χ0n) is 15.2. The van der Waals surface area contributed by atoms with E-state index in [1.54, 1.807) is 0 Å². The first-order valence-corrected chi connectivity index (χ1v) is 10.2. The summed E-state index contributed by atoms with van der Waals surface area (Å²) in [6.07, 6.45) is 2.50. The molecule has 5 heteroatoms. The molecule has 2 nitrogen and oxygen atoms in total. The van der Waals surface area contributed by atoms with Crippen LogP contribution in [0.5, 0.6) is 0 Å². The van der Waals surface area contributed by atoms with Crippen LogP contribution in [-0.2, 0) is 11.4 Å². The van der Waals surface area contributed by atoms with Gasteiger partial charge in [-0.3, -0.25) is 0 Å². The lowest BCUT2D eigenvalue weighted by Gasteiger charge is -2.23. The van der Waals surface area contributed by atoms with Crippen molar-refractivity contribution in [1.82, 2.24) is 0 Å². The number of hydrogen-bond acceptors (Lipinski definition) is 2. The zero-order valence-corrected chi connectivity index (χ0v) is 17.5. The van der Waals surface area contributed by atoms with Gasteiger partial charge in [-0.25, -0.2) is 0 Å². The van der Waals surface area contributed by atoms with E-state index in [1.807, 2.05) is 75.4 Å². The molecule has 0 heterocycles. The van der Waals surface area contributed by atoms with Crippen molar-refractivity contribution in [2.45, 2.75) is 37.9 Å². The van der Waals surface area contributed by atoms with Gasteiger partial charge < -0.3 is 4.55 Å². The SMILES string of the molecule is C=CCC(C(=N[S@+]([O-])C(C)(C)C)c1ccc(Cl)cc1)c1cccc(Cl)c1. The second kappa shape index (κ2) is 9.09. The van der Waals surface area contributed by atoms with E-state index >= 15 is 0 Å². The van der Waals surface area contributed by atoms with Gasteiger partial charge in [0.1, 0.15) is 21.8 Å². The van der Waals surface area contributed by atoms with E-state index < -0.39 is 16.1 Å². The summed E-state index contributed by atoms with van der Waals surface area (Å²) in [7, 11) is 0. The number of rotatable bonds is 6. The van der Waals surface area contributed by atoms with E-state index in [2.05, 4.69) is 11.0 Å². The predicted octanol–water partition coefficient (Wildman–Crippen LogP) is 6.60. The van der Waals surface area contributed by atoms with Gasteiger partial charge in [-0.2, -0.15) is 0 Å². The topological polar surface area (TPSA) is 35.4 Å². The smallest absolute Gasteiger partial charge is 0.144 e. The summed E-state index contributed by atoms with van der Waals surface area (Å²) in [5.74, 6) is -0.0984. The third-order valence-corrected chi connectivity index (χ3v) is 5.73. The van der Waals surface area contributed by atoms with Gasteiger partial charge in [-0.1, -0.05) is 57.9 Å². The largest absolute Gasteiger partial charge is 0.591 e. The van der Waals surface area contributed by atoms with E-state index in [4.69, 9.17) is 23.2 Å². The first-order valence-electron chi connectivity index (χ1n) is 8.35. The molecule has 0 aliphatic rings. The molecule has 2 rings (SSSR count). The Kier molecular flexibility index (Phi) is 7.36. The van der Waals surface area contributed by atoms with Gasteiger partial charge >= 0.3 is 0 Å². The highest BCUT2D eigenvalue weighted by atomic mass is 35.5. The lowest BCUT2D eigenvalue weighted by molar-refractivity contribution is 0.561. The minimum Gasteiger partial charge on any atom is -0.591 e. The van der Waals surface area contributed by atoms with Crippen LogP contribution in [0.1, 0.15) is 44.2 Å². The maximum Gasteiger partial charge on any atom is 0.144 e. The van der Waals surface area contributed by atoms with E-state index in [0.717, 1.165) is 16.8 Å². The normalized spacial score (nSPS) is 14.8.